The third-order valence-corrected chi connectivity index (χ3v) is 3.56. The van der Waals surface area contributed by atoms with Crippen LogP contribution in [0.4, 0.5) is 0 Å². The van der Waals surface area contributed by atoms with Gasteiger partial charge in [-0.25, -0.2) is 4.79 Å². The van der Waals surface area contributed by atoms with Gasteiger partial charge in [-0.1, -0.05) is 29.8 Å². The molecule has 0 fully saturated rings. The first-order valence-corrected chi connectivity index (χ1v) is 7.54. The number of halogens is 1. The predicted molar refractivity (Wildman–Crippen MR) is 90.7 cm³/mol. The van der Waals surface area contributed by atoms with Gasteiger partial charge in [0, 0.05) is 29.5 Å². The van der Waals surface area contributed by atoms with Gasteiger partial charge in [0.2, 0.25) is 0 Å². The van der Waals surface area contributed by atoms with E-state index in [2.05, 4.69) is 20.3 Å². The van der Waals surface area contributed by atoms with Gasteiger partial charge in [-0.15, -0.1) is 0 Å². The average molecular weight is 341 g/mol. The molecular weight excluding hydrogens is 328 g/mol. The third-order valence-electron chi connectivity index (χ3n) is 3.31. The van der Waals surface area contributed by atoms with Gasteiger partial charge in [0.1, 0.15) is 5.69 Å². The molecule has 1 amide bonds. The van der Waals surface area contributed by atoms with E-state index in [9.17, 15) is 9.59 Å². The minimum absolute atomic E-state index is 0.142. The van der Waals surface area contributed by atoms with Crippen molar-refractivity contribution in [1.82, 2.24) is 20.3 Å². The van der Waals surface area contributed by atoms with Crippen LogP contribution in [-0.2, 0) is 6.54 Å². The van der Waals surface area contributed by atoms with E-state index >= 15 is 0 Å². The molecule has 2 N–H and O–H groups in total. The number of hydrogen-bond acceptors (Lipinski definition) is 4. The highest BCUT2D eigenvalue weighted by atomic mass is 35.5. The largest absolute Gasteiger partial charge is 0.347 e. The van der Waals surface area contributed by atoms with Crippen molar-refractivity contribution >= 4 is 17.5 Å². The second-order valence-electron chi connectivity index (χ2n) is 5.04. The van der Waals surface area contributed by atoms with Crippen LogP contribution in [-0.4, -0.2) is 20.9 Å². The minimum atomic E-state index is -0.589. The molecule has 7 heteroatoms. The third kappa shape index (κ3) is 3.85. The number of carbonyl (C=O) groups excluding carboxylic acids is 1. The molecule has 0 aliphatic heterocycles. The maximum atomic E-state index is 12.3. The molecule has 2 aromatic heterocycles. The number of rotatable bonds is 4. The van der Waals surface area contributed by atoms with Crippen LogP contribution in [0, 0.1) is 0 Å². The predicted octanol–water partition coefficient (Wildman–Crippen LogP) is 2.42. The zero-order valence-electron chi connectivity index (χ0n) is 12.5. The van der Waals surface area contributed by atoms with E-state index in [1.165, 1.54) is 6.07 Å². The Morgan fingerprint density at radius 3 is 2.71 bits per heavy atom. The Morgan fingerprint density at radius 1 is 1.21 bits per heavy atom. The number of aromatic amines is 1. The molecule has 0 spiro atoms. The summed E-state index contributed by atoms with van der Waals surface area (Å²) in [7, 11) is 0. The van der Waals surface area contributed by atoms with E-state index in [1.54, 1.807) is 42.7 Å². The molecular formula is C17H13ClN4O2. The molecule has 0 aliphatic carbocycles. The number of carbonyl (C=O) groups is 1. The van der Waals surface area contributed by atoms with Gasteiger partial charge >= 0.3 is 5.69 Å². The first-order chi connectivity index (χ1) is 11.6. The Bertz CT molecular complexity index is 908. The zero-order valence-corrected chi connectivity index (χ0v) is 13.2. The Labute approximate surface area is 142 Å². The fraction of sp³-hybridized carbons (Fsp3) is 0.0588. The lowest BCUT2D eigenvalue weighted by Gasteiger charge is -2.06. The monoisotopic (exact) mass is 340 g/mol. The van der Waals surface area contributed by atoms with Crippen LogP contribution in [0.25, 0.3) is 11.3 Å². The van der Waals surface area contributed by atoms with Crippen molar-refractivity contribution in [3.8, 4) is 11.3 Å². The van der Waals surface area contributed by atoms with Crippen LogP contribution >= 0.6 is 11.6 Å². The summed E-state index contributed by atoms with van der Waals surface area (Å²) in [4.78, 5) is 34.3. The van der Waals surface area contributed by atoms with Gasteiger partial charge in [-0.2, -0.15) is 4.98 Å². The summed E-state index contributed by atoms with van der Waals surface area (Å²) in [6.45, 7) is 0.313. The lowest BCUT2D eigenvalue weighted by molar-refractivity contribution is 0.0945. The average Bonchev–Trinajstić information content (AvgIpc) is 2.60. The minimum Gasteiger partial charge on any atom is -0.347 e. The van der Waals surface area contributed by atoms with Crippen LogP contribution in [0.5, 0.6) is 0 Å². The SMILES string of the molecule is O=C(NCc1cccnc1)c1cc(-c2ccc(Cl)cc2)nc(=O)[nH]1. The normalized spacial score (nSPS) is 10.4. The summed E-state index contributed by atoms with van der Waals surface area (Å²) in [5, 5.41) is 3.31. The van der Waals surface area contributed by atoms with E-state index in [0.29, 0.717) is 22.8 Å². The Hall–Kier alpha value is -2.99. The van der Waals surface area contributed by atoms with E-state index in [-0.39, 0.29) is 5.69 Å². The summed E-state index contributed by atoms with van der Waals surface area (Å²) in [5.41, 5.74) is 1.52. The second kappa shape index (κ2) is 7.06. The zero-order chi connectivity index (χ0) is 16.9. The maximum absolute atomic E-state index is 12.3. The van der Waals surface area contributed by atoms with Crippen LogP contribution in [0.1, 0.15) is 16.1 Å². The van der Waals surface area contributed by atoms with Crippen molar-refractivity contribution in [2.45, 2.75) is 6.54 Å². The molecule has 0 saturated carbocycles. The molecule has 0 unspecified atom stereocenters. The van der Waals surface area contributed by atoms with Crippen molar-refractivity contribution in [2.24, 2.45) is 0 Å². The molecule has 24 heavy (non-hydrogen) atoms. The van der Waals surface area contributed by atoms with Gasteiger partial charge in [0.25, 0.3) is 5.91 Å². The lowest BCUT2D eigenvalue weighted by atomic mass is 10.1. The summed E-state index contributed by atoms with van der Waals surface area (Å²) in [6.07, 6.45) is 3.32. The smallest absolute Gasteiger partial charge is 0.346 e. The molecule has 0 atom stereocenters. The van der Waals surface area contributed by atoms with Crippen molar-refractivity contribution in [3.63, 3.8) is 0 Å². The summed E-state index contributed by atoms with van der Waals surface area (Å²) >= 11 is 5.85. The van der Waals surface area contributed by atoms with Crippen molar-refractivity contribution < 1.29 is 4.79 Å². The number of benzene rings is 1. The topological polar surface area (TPSA) is 87.7 Å². The molecule has 0 aliphatic rings. The number of amides is 1. The molecule has 0 radical (unpaired) electrons. The molecule has 0 bridgehead atoms. The highest BCUT2D eigenvalue weighted by molar-refractivity contribution is 6.30. The second-order valence-corrected chi connectivity index (χ2v) is 5.47. The molecule has 2 heterocycles. The van der Waals surface area contributed by atoms with Gasteiger partial charge in [-0.05, 0) is 29.8 Å². The van der Waals surface area contributed by atoms with Crippen LogP contribution in [0.2, 0.25) is 5.02 Å². The number of H-pyrrole nitrogens is 1. The Kier molecular flexibility index (Phi) is 4.67. The van der Waals surface area contributed by atoms with Crippen molar-refractivity contribution in [2.75, 3.05) is 0 Å². The molecule has 3 rings (SSSR count). The summed E-state index contributed by atoms with van der Waals surface area (Å²) in [6, 6.07) is 12.0. The maximum Gasteiger partial charge on any atom is 0.346 e. The number of nitrogens with one attached hydrogen (secondary N) is 2. The van der Waals surface area contributed by atoms with E-state index in [1.807, 2.05) is 6.07 Å². The van der Waals surface area contributed by atoms with Gasteiger partial charge in [-0.3, -0.25) is 9.78 Å². The molecule has 120 valence electrons. The van der Waals surface area contributed by atoms with E-state index in [0.717, 1.165) is 5.56 Å². The number of hydrogen-bond donors (Lipinski definition) is 2. The number of aromatic nitrogens is 3. The summed E-state index contributed by atoms with van der Waals surface area (Å²) in [5.74, 6) is -0.395. The Balaban J connectivity index is 1.81. The standard InChI is InChI=1S/C17H13ClN4O2/c18-13-5-3-12(4-6-13)14-8-15(22-17(24)21-14)16(23)20-10-11-2-1-7-19-9-11/h1-9H,10H2,(H,20,23)(H,21,22,24). The number of pyridine rings is 1. The van der Waals surface area contributed by atoms with E-state index < -0.39 is 11.6 Å². The van der Waals surface area contributed by atoms with E-state index in [4.69, 9.17) is 11.6 Å². The van der Waals surface area contributed by atoms with Crippen molar-refractivity contribution in [1.29, 1.82) is 0 Å². The van der Waals surface area contributed by atoms with Gasteiger partial charge < -0.3 is 10.3 Å². The Morgan fingerprint density at radius 2 is 2.00 bits per heavy atom. The van der Waals surface area contributed by atoms with Crippen molar-refractivity contribution in [3.05, 3.63) is 81.6 Å². The number of nitrogens with zero attached hydrogens (tertiary/aromatic N) is 2. The van der Waals surface area contributed by atoms with Gasteiger partial charge in [0.05, 0.1) is 5.69 Å². The summed E-state index contributed by atoms with van der Waals surface area (Å²) < 4.78 is 0. The first kappa shape index (κ1) is 15.9. The van der Waals surface area contributed by atoms with Gasteiger partial charge in [0.15, 0.2) is 0 Å². The molecule has 3 aromatic rings. The molecule has 0 saturated heterocycles. The molecule has 6 nitrogen and oxygen atoms in total. The fourth-order valence-electron chi connectivity index (χ4n) is 2.13. The lowest BCUT2D eigenvalue weighted by Crippen LogP contribution is -2.27. The highest BCUT2D eigenvalue weighted by Gasteiger charge is 2.10. The van der Waals surface area contributed by atoms with Crippen LogP contribution < -0.4 is 11.0 Å². The quantitative estimate of drug-likeness (QED) is 0.763. The van der Waals surface area contributed by atoms with Crippen LogP contribution in [0.15, 0.2) is 59.7 Å². The molecule has 1 aromatic carbocycles. The first-order valence-electron chi connectivity index (χ1n) is 7.16. The highest BCUT2D eigenvalue weighted by Crippen LogP contribution is 2.19. The fourth-order valence-corrected chi connectivity index (χ4v) is 2.25. The van der Waals surface area contributed by atoms with Crippen LogP contribution in [0.3, 0.4) is 0 Å².